The van der Waals surface area contributed by atoms with Crippen molar-refractivity contribution in [1.29, 1.82) is 0 Å². The molecule has 4 saturated carbocycles. The van der Waals surface area contributed by atoms with Gasteiger partial charge in [-0.25, -0.2) is 9.97 Å². The van der Waals surface area contributed by atoms with Crippen molar-refractivity contribution in [3.8, 4) is 78.4 Å². The normalized spacial score (nSPS) is 21.1. The second-order valence-corrected chi connectivity index (χ2v) is 19.7. The average molecular weight is 845 g/mol. The number of nitrogens with zero attached hydrogens (tertiary/aromatic N) is 2. The fourth-order valence-corrected chi connectivity index (χ4v) is 13.7. The van der Waals surface area contributed by atoms with Crippen LogP contribution in [0.4, 0.5) is 0 Å². The zero-order valence-electron chi connectivity index (χ0n) is 36.9. The molecule has 5 aliphatic carbocycles. The largest absolute Gasteiger partial charge is 0.228 e. The maximum atomic E-state index is 5.41. The second kappa shape index (κ2) is 14.8. The molecule has 4 fully saturated rings. The van der Waals surface area contributed by atoms with E-state index in [0.29, 0.717) is 5.82 Å². The van der Waals surface area contributed by atoms with Crippen LogP contribution < -0.4 is 0 Å². The summed E-state index contributed by atoms with van der Waals surface area (Å²) in [5, 5.41) is 5.07. The van der Waals surface area contributed by atoms with Crippen LogP contribution in [0.3, 0.4) is 0 Å². The molecule has 0 saturated heterocycles. The van der Waals surface area contributed by atoms with E-state index in [-0.39, 0.29) is 5.41 Å². The lowest BCUT2D eigenvalue weighted by atomic mass is 9.43. The number of hydrogen-bond acceptors (Lipinski definition) is 2. The minimum atomic E-state index is 0.108. The predicted octanol–water partition coefficient (Wildman–Crippen LogP) is 16.5. The molecule has 0 radical (unpaired) electrons. The highest BCUT2D eigenvalue weighted by Gasteiger charge is 2.61. The third-order valence-corrected chi connectivity index (χ3v) is 16.3. The highest BCUT2D eigenvalue weighted by molar-refractivity contribution is 6.04. The molecule has 0 amide bonds. The predicted molar refractivity (Wildman–Crippen MR) is 273 cm³/mol. The first kappa shape index (κ1) is 37.9. The molecule has 9 aromatic carbocycles. The molecule has 2 nitrogen and oxygen atoms in total. The zero-order valence-corrected chi connectivity index (χ0v) is 36.9. The molecule has 66 heavy (non-hydrogen) atoms. The van der Waals surface area contributed by atoms with E-state index >= 15 is 0 Å². The van der Waals surface area contributed by atoms with Crippen molar-refractivity contribution in [3.05, 3.63) is 217 Å². The Hall–Kier alpha value is -7.42. The van der Waals surface area contributed by atoms with Gasteiger partial charge in [-0.05, 0) is 151 Å². The molecule has 0 unspecified atom stereocenters. The first-order chi connectivity index (χ1) is 32.7. The molecule has 10 aromatic rings. The Morgan fingerprint density at radius 2 is 0.879 bits per heavy atom. The maximum Gasteiger partial charge on any atom is 0.160 e. The van der Waals surface area contributed by atoms with Gasteiger partial charge in [-0.3, -0.25) is 0 Å². The van der Waals surface area contributed by atoms with Gasteiger partial charge in [0.15, 0.2) is 5.82 Å². The van der Waals surface area contributed by atoms with Gasteiger partial charge >= 0.3 is 0 Å². The lowest BCUT2D eigenvalue weighted by molar-refractivity contribution is -0.0398. The number of aromatic nitrogens is 2. The minimum Gasteiger partial charge on any atom is -0.228 e. The van der Waals surface area contributed by atoms with Gasteiger partial charge in [0.25, 0.3) is 0 Å². The van der Waals surface area contributed by atoms with Gasteiger partial charge < -0.3 is 0 Å². The summed E-state index contributed by atoms with van der Waals surface area (Å²) in [5.41, 5.74) is 18.6. The van der Waals surface area contributed by atoms with Crippen LogP contribution in [0, 0.1) is 23.7 Å². The monoisotopic (exact) mass is 844 g/mol. The van der Waals surface area contributed by atoms with E-state index in [9.17, 15) is 0 Å². The van der Waals surface area contributed by atoms with Gasteiger partial charge in [-0.2, -0.15) is 0 Å². The molecule has 15 rings (SSSR count). The van der Waals surface area contributed by atoms with Gasteiger partial charge in [-0.15, -0.1) is 0 Å². The fraction of sp³-hybridized carbons (Fsp3) is 0.156. The van der Waals surface area contributed by atoms with Crippen LogP contribution in [-0.2, 0) is 5.41 Å². The first-order valence-corrected chi connectivity index (χ1v) is 24.1. The highest BCUT2D eigenvalue weighted by atomic mass is 14.9. The highest BCUT2D eigenvalue weighted by Crippen LogP contribution is 2.70. The van der Waals surface area contributed by atoms with Crippen LogP contribution in [0.15, 0.2) is 206 Å². The Morgan fingerprint density at radius 3 is 1.58 bits per heavy atom. The molecule has 314 valence electrons. The third-order valence-electron chi connectivity index (χ3n) is 16.3. The van der Waals surface area contributed by atoms with Crippen molar-refractivity contribution >= 4 is 21.5 Å². The number of benzene rings is 9. The number of rotatable bonds is 6. The Bertz CT molecular complexity index is 3490. The minimum absolute atomic E-state index is 0.108. The molecular formula is C64H48N2. The van der Waals surface area contributed by atoms with Gasteiger partial charge in [-0.1, -0.05) is 188 Å². The van der Waals surface area contributed by atoms with E-state index in [4.69, 9.17) is 9.97 Å². The summed E-state index contributed by atoms with van der Waals surface area (Å²) in [6, 6.07) is 76.2. The molecular weight excluding hydrogens is 797 g/mol. The third kappa shape index (κ3) is 5.80. The summed E-state index contributed by atoms with van der Waals surface area (Å²) in [5.74, 6) is 3.97. The van der Waals surface area contributed by atoms with Crippen LogP contribution in [-0.4, -0.2) is 9.97 Å². The van der Waals surface area contributed by atoms with E-state index < -0.39 is 0 Å². The van der Waals surface area contributed by atoms with Gasteiger partial charge in [0.2, 0.25) is 0 Å². The Labute approximate surface area is 386 Å². The van der Waals surface area contributed by atoms with Crippen molar-refractivity contribution < 1.29 is 0 Å². The Morgan fingerprint density at radius 1 is 0.333 bits per heavy atom. The topological polar surface area (TPSA) is 25.8 Å². The Kier molecular flexibility index (Phi) is 8.50. The zero-order chi connectivity index (χ0) is 43.3. The van der Waals surface area contributed by atoms with Crippen molar-refractivity contribution in [2.24, 2.45) is 23.7 Å². The standard InChI is InChI=1S/C64H48N2/c1-3-12-42(13-4-1)43-22-28-47(29-23-43)59-39-60(66-63(65-59)48-15-5-2-6-16-48)62-54-19-10-9-14-44(54)30-31-55(62)46-26-24-45(25-27-46)53-20-11-21-57-61(53)56-37-49-17-7-8-18-50(49)38-58(56)64(57)51-33-40-32-41(35-51)36-52(64)34-40/h1-31,37-41,51-52H,32-36H2. The van der Waals surface area contributed by atoms with E-state index in [1.807, 2.05) is 0 Å². The number of fused-ring (bicyclic) bond motifs is 5. The van der Waals surface area contributed by atoms with Crippen LogP contribution in [0.5, 0.6) is 0 Å². The summed E-state index contributed by atoms with van der Waals surface area (Å²) in [4.78, 5) is 10.6. The van der Waals surface area contributed by atoms with Crippen LogP contribution in [0.1, 0.15) is 43.2 Å². The summed E-state index contributed by atoms with van der Waals surface area (Å²) < 4.78 is 0. The lowest BCUT2D eigenvalue weighted by Gasteiger charge is -2.61. The molecule has 2 heteroatoms. The molecule has 5 aliphatic rings. The summed E-state index contributed by atoms with van der Waals surface area (Å²) in [6.45, 7) is 0. The summed E-state index contributed by atoms with van der Waals surface area (Å²) in [6.07, 6.45) is 6.99. The van der Waals surface area contributed by atoms with E-state index in [1.165, 1.54) is 92.6 Å². The lowest BCUT2D eigenvalue weighted by Crippen LogP contribution is -2.55. The van der Waals surface area contributed by atoms with Crippen molar-refractivity contribution in [3.63, 3.8) is 0 Å². The summed E-state index contributed by atoms with van der Waals surface area (Å²) in [7, 11) is 0. The molecule has 4 bridgehead atoms. The van der Waals surface area contributed by atoms with Crippen LogP contribution >= 0.6 is 0 Å². The van der Waals surface area contributed by atoms with Crippen molar-refractivity contribution in [2.75, 3.05) is 0 Å². The van der Waals surface area contributed by atoms with Crippen LogP contribution in [0.2, 0.25) is 0 Å². The van der Waals surface area contributed by atoms with Crippen LogP contribution in [0.25, 0.3) is 100.0 Å². The molecule has 0 aliphatic heterocycles. The molecule has 1 spiro atoms. The van der Waals surface area contributed by atoms with E-state index in [1.54, 1.807) is 11.1 Å². The Balaban J connectivity index is 0.914. The molecule has 0 atom stereocenters. The van der Waals surface area contributed by atoms with E-state index in [2.05, 4.69) is 206 Å². The molecule has 1 heterocycles. The average Bonchev–Trinajstić information content (AvgIpc) is 3.66. The van der Waals surface area contributed by atoms with Crippen molar-refractivity contribution in [2.45, 2.75) is 37.5 Å². The quantitative estimate of drug-likeness (QED) is 0.167. The van der Waals surface area contributed by atoms with Gasteiger partial charge in [0.1, 0.15) is 0 Å². The first-order valence-electron chi connectivity index (χ1n) is 24.1. The molecule has 0 N–H and O–H groups in total. The van der Waals surface area contributed by atoms with E-state index in [0.717, 1.165) is 57.3 Å². The number of hydrogen-bond donors (Lipinski definition) is 0. The van der Waals surface area contributed by atoms with Gasteiger partial charge in [0, 0.05) is 22.1 Å². The summed E-state index contributed by atoms with van der Waals surface area (Å²) >= 11 is 0. The fourth-order valence-electron chi connectivity index (χ4n) is 13.7. The van der Waals surface area contributed by atoms with Gasteiger partial charge in [0.05, 0.1) is 11.4 Å². The maximum absolute atomic E-state index is 5.41. The molecule has 1 aromatic heterocycles. The SMILES string of the molecule is c1ccc(-c2ccc(-c3cc(-c4c(-c5ccc(-c6cccc7c6-c6cc8ccccc8cc6C76C7CC8CC(C7)CC6C8)cc5)ccc5ccccc45)nc(-c4ccccc4)n3)cc2)cc1. The van der Waals surface area contributed by atoms with Crippen molar-refractivity contribution in [1.82, 2.24) is 9.97 Å². The second-order valence-electron chi connectivity index (χ2n) is 19.7. The smallest absolute Gasteiger partial charge is 0.160 e.